The number of halogens is 1. The van der Waals surface area contributed by atoms with Crippen LogP contribution in [0.25, 0.3) is 0 Å². The summed E-state index contributed by atoms with van der Waals surface area (Å²) in [5.74, 6) is 0.503. The molecule has 1 N–H and O–H groups in total. The lowest BCUT2D eigenvalue weighted by Gasteiger charge is -2.10. The first-order valence-corrected chi connectivity index (χ1v) is 5.52. The van der Waals surface area contributed by atoms with Crippen LogP contribution < -0.4 is 5.32 Å². The third kappa shape index (κ3) is 2.29. The Morgan fingerprint density at radius 3 is 2.88 bits per heavy atom. The molecule has 1 saturated heterocycles. The van der Waals surface area contributed by atoms with E-state index in [2.05, 4.69) is 15.3 Å². The summed E-state index contributed by atoms with van der Waals surface area (Å²) in [6.07, 6.45) is 1.51. The second-order valence-corrected chi connectivity index (χ2v) is 3.94. The fourth-order valence-corrected chi connectivity index (χ4v) is 1.95. The number of nitrogens with zero attached hydrogens (tertiary/aromatic N) is 3. The van der Waals surface area contributed by atoms with Gasteiger partial charge in [-0.05, 0) is 12.8 Å². The molecule has 2 heterocycles. The van der Waals surface area contributed by atoms with E-state index >= 15 is 0 Å². The minimum atomic E-state index is -0.604. The number of nitrogens with one attached hydrogen (secondary N) is 1. The average Bonchev–Trinajstić information content (AvgIpc) is 2.80. The molecule has 1 atom stereocenters. The van der Waals surface area contributed by atoms with E-state index in [9.17, 15) is 10.1 Å². The summed E-state index contributed by atoms with van der Waals surface area (Å²) in [6.45, 7) is 0.650. The SMILES string of the molecule is CNc1nc(C2CCCO2)nc(Cl)c1[N+](=O)[O-]. The van der Waals surface area contributed by atoms with Gasteiger partial charge in [0.15, 0.2) is 5.82 Å². The smallest absolute Gasteiger partial charge is 0.348 e. The first kappa shape index (κ1) is 12.0. The second-order valence-electron chi connectivity index (χ2n) is 3.58. The number of ether oxygens (including phenoxy) is 1. The maximum atomic E-state index is 10.8. The van der Waals surface area contributed by atoms with E-state index < -0.39 is 4.92 Å². The van der Waals surface area contributed by atoms with Crippen molar-refractivity contribution in [2.24, 2.45) is 0 Å². The normalized spacial score (nSPS) is 19.3. The van der Waals surface area contributed by atoms with Crippen LogP contribution in [0.15, 0.2) is 0 Å². The highest BCUT2D eigenvalue weighted by molar-refractivity contribution is 6.31. The molecule has 17 heavy (non-hydrogen) atoms. The molecule has 1 unspecified atom stereocenters. The van der Waals surface area contributed by atoms with Crippen molar-refractivity contribution in [1.29, 1.82) is 0 Å². The molecule has 8 heteroatoms. The maximum absolute atomic E-state index is 10.8. The zero-order valence-corrected chi connectivity index (χ0v) is 9.90. The van der Waals surface area contributed by atoms with Crippen LogP contribution in [0, 0.1) is 10.1 Å². The van der Waals surface area contributed by atoms with E-state index in [-0.39, 0.29) is 22.8 Å². The molecule has 1 aliphatic rings. The summed E-state index contributed by atoms with van der Waals surface area (Å²) in [6, 6.07) is 0. The van der Waals surface area contributed by atoms with Gasteiger partial charge in [-0.2, -0.15) is 0 Å². The standard InChI is InChI=1S/C9H11ClN4O3/c1-11-9-6(14(15)16)7(10)12-8(13-9)5-3-2-4-17-5/h5H,2-4H2,1H3,(H,11,12,13). The summed E-state index contributed by atoms with van der Waals surface area (Å²) in [5, 5.41) is 13.3. The molecule has 0 aliphatic carbocycles. The minimum Gasteiger partial charge on any atom is -0.370 e. The topological polar surface area (TPSA) is 90.2 Å². The lowest BCUT2D eigenvalue weighted by Crippen LogP contribution is -2.09. The average molecular weight is 259 g/mol. The van der Waals surface area contributed by atoms with E-state index in [0.29, 0.717) is 12.4 Å². The number of aromatic nitrogens is 2. The summed E-state index contributed by atoms with van der Waals surface area (Å²) in [4.78, 5) is 18.2. The largest absolute Gasteiger partial charge is 0.370 e. The predicted octanol–water partition coefficient (Wildman–Crippen LogP) is 1.93. The van der Waals surface area contributed by atoms with Crippen LogP contribution >= 0.6 is 11.6 Å². The van der Waals surface area contributed by atoms with Crippen molar-refractivity contribution >= 4 is 23.1 Å². The quantitative estimate of drug-likeness (QED) is 0.506. The lowest BCUT2D eigenvalue weighted by molar-refractivity contribution is -0.384. The van der Waals surface area contributed by atoms with Crippen LogP contribution in [0.5, 0.6) is 0 Å². The molecule has 1 fully saturated rings. The van der Waals surface area contributed by atoms with Crippen LogP contribution in [-0.4, -0.2) is 28.5 Å². The molecule has 7 nitrogen and oxygen atoms in total. The lowest BCUT2D eigenvalue weighted by atomic mass is 10.2. The van der Waals surface area contributed by atoms with Crippen LogP contribution in [0.4, 0.5) is 11.5 Å². The van der Waals surface area contributed by atoms with Crippen LogP contribution in [0.3, 0.4) is 0 Å². The van der Waals surface area contributed by atoms with E-state index in [1.54, 1.807) is 7.05 Å². The van der Waals surface area contributed by atoms with Gasteiger partial charge in [0.2, 0.25) is 11.0 Å². The summed E-state index contributed by atoms with van der Waals surface area (Å²) in [7, 11) is 1.55. The Balaban J connectivity index is 2.43. The molecule has 0 bridgehead atoms. The molecule has 0 radical (unpaired) electrons. The zero-order valence-electron chi connectivity index (χ0n) is 9.14. The van der Waals surface area contributed by atoms with Gasteiger partial charge in [-0.3, -0.25) is 10.1 Å². The third-order valence-electron chi connectivity index (χ3n) is 2.50. The summed E-state index contributed by atoms with van der Waals surface area (Å²) < 4.78 is 5.41. The van der Waals surface area contributed by atoms with Gasteiger partial charge < -0.3 is 10.1 Å². The molecule has 1 aromatic heterocycles. The highest BCUT2D eigenvalue weighted by Crippen LogP contribution is 2.33. The number of hydrogen-bond donors (Lipinski definition) is 1. The van der Waals surface area contributed by atoms with Crippen molar-refractivity contribution in [1.82, 2.24) is 9.97 Å². The molecule has 1 aliphatic heterocycles. The zero-order chi connectivity index (χ0) is 12.4. The monoisotopic (exact) mass is 258 g/mol. The summed E-state index contributed by atoms with van der Waals surface area (Å²) in [5.41, 5.74) is -0.309. The Morgan fingerprint density at radius 2 is 2.35 bits per heavy atom. The fraction of sp³-hybridized carbons (Fsp3) is 0.556. The molecule has 1 aromatic rings. The number of hydrogen-bond acceptors (Lipinski definition) is 6. The Labute approximate surface area is 102 Å². The molecule has 2 rings (SSSR count). The van der Waals surface area contributed by atoms with Crippen LogP contribution in [0.1, 0.15) is 24.8 Å². The van der Waals surface area contributed by atoms with Gasteiger partial charge in [0, 0.05) is 13.7 Å². The highest BCUT2D eigenvalue weighted by atomic mass is 35.5. The maximum Gasteiger partial charge on any atom is 0.348 e. The fourth-order valence-electron chi connectivity index (χ4n) is 1.71. The molecule has 0 amide bonds. The van der Waals surface area contributed by atoms with Crippen molar-refractivity contribution in [3.63, 3.8) is 0 Å². The first-order valence-electron chi connectivity index (χ1n) is 5.14. The second kappa shape index (κ2) is 4.80. The molecule has 0 saturated carbocycles. The van der Waals surface area contributed by atoms with Crippen molar-refractivity contribution in [3.8, 4) is 0 Å². The van der Waals surface area contributed by atoms with Gasteiger partial charge in [-0.15, -0.1) is 0 Å². The van der Waals surface area contributed by atoms with E-state index in [4.69, 9.17) is 16.3 Å². The van der Waals surface area contributed by atoms with E-state index in [1.165, 1.54) is 0 Å². The minimum absolute atomic E-state index is 0.112. The van der Waals surface area contributed by atoms with Crippen molar-refractivity contribution < 1.29 is 9.66 Å². The predicted molar refractivity (Wildman–Crippen MR) is 61.2 cm³/mol. The van der Waals surface area contributed by atoms with Gasteiger partial charge in [-0.1, -0.05) is 11.6 Å². The molecule has 0 spiro atoms. The first-order chi connectivity index (χ1) is 8.13. The van der Waals surface area contributed by atoms with Gasteiger partial charge in [0.1, 0.15) is 6.10 Å². The van der Waals surface area contributed by atoms with E-state index in [0.717, 1.165) is 12.8 Å². The summed E-state index contributed by atoms with van der Waals surface area (Å²) >= 11 is 5.80. The Kier molecular flexibility index (Phi) is 3.39. The third-order valence-corrected chi connectivity index (χ3v) is 2.76. The van der Waals surface area contributed by atoms with Crippen molar-refractivity contribution in [3.05, 3.63) is 21.1 Å². The highest BCUT2D eigenvalue weighted by Gasteiger charge is 2.27. The number of nitro groups is 1. The van der Waals surface area contributed by atoms with Crippen LogP contribution in [0.2, 0.25) is 5.15 Å². The Morgan fingerprint density at radius 1 is 1.59 bits per heavy atom. The van der Waals surface area contributed by atoms with Crippen LogP contribution in [-0.2, 0) is 4.74 Å². The van der Waals surface area contributed by atoms with Gasteiger partial charge in [0.25, 0.3) is 0 Å². The van der Waals surface area contributed by atoms with E-state index in [1.807, 2.05) is 0 Å². The Bertz CT molecular complexity index is 448. The van der Waals surface area contributed by atoms with Crippen molar-refractivity contribution in [2.75, 3.05) is 19.0 Å². The molecule has 0 aromatic carbocycles. The Hall–Kier alpha value is -1.47. The molecular formula is C9H11ClN4O3. The number of anilines is 1. The molecule has 92 valence electrons. The molecular weight excluding hydrogens is 248 g/mol. The van der Waals surface area contributed by atoms with Gasteiger partial charge >= 0.3 is 5.69 Å². The van der Waals surface area contributed by atoms with Gasteiger partial charge in [0.05, 0.1) is 4.92 Å². The van der Waals surface area contributed by atoms with Crippen molar-refractivity contribution in [2.45, 2.75) is 18.9 Å². The number of rotatable bonds is 3. The van der Waals surface area contributed by atoms with Gasteiger partial charge in [-0.25, -0.2) is 9.97 Å².